The first-order valence-electron chi connectivity index (χ1n) is 8.78. The lowest BCUT2D eigenvalue weighted by Gasteiger charge is -2.20. The number of benzene rings is 1. The summed E-state index contributed by atoms with van der Waals surface area (Å²) in [5.41, 5.74) is 1.26. The van der Waals surface area contributed by atoms with E-state index in [1.54, 1.807) is 4.90 Å². The van der Waals surface area contributed by atoms with E-state index in [9.17, 15) is 0 Å². The molecule has 0 amide bonds. The third-order valence-electron chi connectivity index (χ3n) is 5.01. The maximum atomic E-state index is 5.74. The lowest BCUT2D eigenvalue weighted by molar-refractivity contribution is -0.941. The highest BCUT2D eigenvalue weighted by molar-refractivity contribution is 7.71. The molecule has 0 aliphatic carbocycles. The predicted octanol–water partition coefficient (Wildman–Crippen LogP) is 3.21. The maximum Gasteiger partial charge on any atom is 0.203 e. The van der Waals surface area contributed by atoms with E-state index < -0.39 is 0 Å². The molecule has 1 N–H and O–H groups in total. The topological polar surface area (TPSA) is 27.2 Å². The molecule has 1 aliphatic rings. The van der Waals surface area contributed by atoms with E-state index in [0.717, 1.165) is 23.8 Å². The highest BCUT2D eigenvalue weighted by Gasteiger charge is 2.31. The Kier molecular flexibility index (Phi) is 4.83. The van der Waals surface area contributed by atoms with Crippen molar-refractivity contribution in [3.63, 3.8) is 0 Å². The molecule has 0 radical (unpaired) electrons. The van der Waals surface area contributed by atoms with Crippen molar-refractivity contribution in [2.45, 2.75) is 39.0 Å². The lowest BCUT2D eigenvalue weighted by Crippen LogP contribution is -3.09. The Labute approximate surface area is 157 Å². The summed E-state index contributed by atoms with van der Waals surface area (Å²) < 4.78 is 4.99. The molecule has 6 heteroatoms. The minimum absolute atomic E-state index is 0.585. The van der Waals surface area contributed by atoms with Gasteiger partial charge in [-0.1, -0.05) is 36.4 Å². The first kappa shape index (κ1) is 16.7. The van der Waals surface area contributed by atoms with Gasteiger partial charge in [0.15, 0.2) is 6.67 Å². The van der Waals surface area contributed by atoms with Crippen LogP contribution in [0.2, 0.25) is 0 Å². The van der Waals surface area contributed by atoms with E-state index >= 15 is 0 Å². The quantitative estimate of drug-likeness (QED) is 0.698. The SMILES string of the molecule is Cc1nn(C[NH+]2CCC[C@H]2c2cccs2)c(=S)n1Cc1ccccc1. The number of nitrogens with one attached hydrogen (secondary N) is 1. The Morgan fingerprint density at radius 1 is 1.24 bits per heavy atom. The highest BCUT2D eigenvalue weighted by Crippen LogP contribution is 2.23. The number of likely N-dealkylation sites (tertiary alicyclic amines) is 1. The largest absolute Gasteiger partial charge is 0.309 e. The van der Waals surface area contributed by atoms with E-state index in [2.05, 4.69) is 46.3 Å². The van der Waals surface area contributed by atoms with Gasteiger partial charge < -0.3 is 4.90 Å². The smallest absolute Gasteiger partial charge is 0.203 e. The van der Waals surface area contributed by atoms with Crippen LogP contribution in [0, 0.1) is 11.7 Å². The average molecular weight is 372 g/mol. The molecular formula is C19H23N4S2+. The summed E-state index contributed by atoms with van der Waals surface area (Å²) >= 11 is 7.61. The molecule has 4 rings (SSSR count). The van der Waals surface area contributed by atoms with Gasteiger partial charge in [0.1, 0.15) is 11.9 Å². The fourth-order valence-corrected chi connectivity index (χ4v) is 4.95. The lowest BCUT2D eigenvalue weighted by atomic mass is 10.2. The number of rotatable bonds is 5. The average Bonchev–Trinajstić information content (AvgIpc) is 3.34. The molecular weight excluding hydrogens is 348 g/mol. The van der Waals surface area contributed by atoms with Gasteiger partial charge in [0, 0.05) is 12.8 Å². The molecule has 3 aromatic rings. The van der Waals surface area contributed by atoms with Crippen molar-refractivity contribution in [3.05, 3.63) is 68.9 Å². The molecule has 130 valence electrons. The number of aryl methyl sites for hydroxylation is 1. The summed E-state index contributed by atoms with van der Waals surface area (Å²) in [5, 5.41) is 6.92. The number of thiophene rings is 1. The fraction of sp³-hybridized carbons (Fsp3) is 0.368. The van der Waals surface area contributed by atoms with Crippen molar-refractivity contribution in [2.75, 3.05) is 6.54 Å². The number of nitrogens with zero attached hydrogens (tertiary/aromatic N) is 3. The van der Waals surface area contributed by atoms with E-state index in [0.29, 0.717) is 6.04 Å². The van der Waals surface area contributed by atoms with E-state index in [-0.39, 0.29) is 0 Å². The van der Waals surface area contributed by atoms with Gasteiger partial charge >= 0.3 is 0 Å². The van der Waals surface area contributed by atoms with E-state index in [1.807, 2.05) is 29.0 Å². The summed E-state index contributed by atoms with van der Waals surface area (Å²) in [6, 6.07) is 15.5. The van der Waals surface area contributed by atoms with Crippen LogP contribution < -0.4 is 4.90 Å². The minimum Gasteiger partial charge on any atom is -0.309 e. The number of hydrogen-bond donors (Lipinski definition) is 1. The zero-order valence-corrected chi connectivity index (χ0v) is 16.0. The fourth-order valence-electron chi connectivity index (χ4n) is 3.73. The first-order chi connectivity index (χ1) is 12.2. The third kappa shape index (κ3) is 3.47. The van der Waals surface area contributed by atoms with Crippen LogP contribution in [0.4, 0.5) is 0 Å². The molecule has 1 aliphatic heterocycles. The Morgan fingerprint density at radius 2 is 2.08 bits per heavy atom. The van der Waals surface area contributed by atoms with Gasteiger partial charge in [-0.15, -0.1) is 11.3 Å². The third-order valence-corrected chi connectivity index (χ3v) is 6.43. The summed E-state index contributed by atoms with van der Waals surface area (Å²) in [6.07, 6.45) is 2.53. The van der Waals surface area contributed by atoms with Crippen LogP contribution in [0.15, 0.2) is 47.8 Å². The van der Waals surface area contributed by atoms with E-state index in [1.165, 1.54) is 29.8 Å². The van der Waals surface area contributed by atoms with Gasteiger partial charge in [-0.25, -0.2) is 0 Å². The molecule has 3 heterocycles. The molecule has 1 unspecified atom stereocenters. The summed E-state index contributed by atoms with van der Waals surface area (Å²) in [4.78, 5) is 3.06. The summed E-state index contributed by atoms with van der Waals surface area (Å²) in [5.74, 6) is 0.986. The molecule has 2 atom stereocenters. The zero-order valence-electron chi connectivity index (χ0n) is 14.4. The Hall–Kier alpha value is -1.76. The van der Waals surface area contributed by atoms with Crippen LogP contribution in [0.25, 0.3) is 0 Å². The molecule has 1 aromatic carbocycles. The van der Waals surface area contributed by atoms with Crippen molar-refractivity contribution in [2.24, 2.45) is 0 Å². The Morgan fingerprint density at radius 3 is 2.84 bits per heavy atom. The normalized spacial score (nSPS) is 20.2. The Bertz CT molecular complexity index is 880. The van der Waals surface area contributed by atoms with Crippen molar-refractivity contribution in [1.82, 2.24) is 14.3 Å². The van der Waals surface area contributed by atoms with Crippen LogP contribution in [0.1, 0.15) is 35.1 Å². The molecule has 4 nitrogen and oxygen atoms in total. The first-order valence-corrected chi connectivity index (χ1v) is 10.1. The monoisotopic (exact) mass is 371 g/mol. The van der Waals surface area contributed by atoms with E-state index in [4.69, 9.17) is 17.3 Å². The number of aromatic nitrogens is 3. The Balaban J connectivity index is 1.55. The molecule has 25 heavy (non-hydrogen) atoms. The predicted molar refractivity (Wildman–Crippen MR) is 103 cm³/mol. The summed E-state index contributed by atoms with van der Waals surface area (Å²) in [7, 11) is 0. The van der Waals surface area contributed by atoms with Crippen LogP contribution >= 0.6 is 23.6 Å². The highest BCUT2D eigenvalue weighted by atomic mass is 32.1. The van der Waals surface area contributed by atoms with Crippen LogP contribution in [-0.2, 0) is 13.2 Å². The van der Waals surface area contributed by atoms with Crippen molar-refractivity contribution >= 4 is 23.6 Å². The summed E-state index contributed by atoms with van der Waals surface area (Å²) in [6.45, 7) is 4.87. The molecule has 1 saturated heterocycles. The molecule has 0 saturated carbocycles. The molecule has 1 fully saturated rings. The van der Waals surface area contributed by atoms with Gasteiger partial charge in [0.2, 0.25) is 4.77 Å². The van der Waals surface area contributed by atoms with Crippen molar-refractivity contribution < 1.29 is 4.90 Å². The molecule has 0 bridgehead atoms. The van der Waals surface area contributed by atoms with Crippen molar-refractivity contribution in [3.8, 4) is 0 Å². The second-order valence-electron chi connectivity index (χ2n) is 6.68. The second-order valence-corrected chi connectivity index (χ2v) is 8.02. The van der Waals surface area contributed by atoms with Crippen LogP contribution in [0.5, 0.6) is 0 Å². The zero-order chi connectivity index (χ0) is 17.2. The maximum absolute atomic E-state index is 5.74. The van der Waals surface area contributed by atoms with Crippen molar-refractivity contribution in [1.29, 1.82) is 0 Å². The minimum atomic E-state index is 0.585. The number of hydrogen-bond acceptors (Lipinski definition) is 3. The van der Waals surface area contributed by atoms with Gasteiger partial charge in [-0.3, -0.25) is 4.57 Å². The molecule has 0 spiro atoms. The van der Waals surface area contributed by atoms with Gasteiger partial charge in [-0.2, -0.15) is 9.78 Å². The van der Waals surface area contributed by atoms with Crippen LogP contribution in [-0.4, -0.2) is 20.9 Å². The van der Waals surface area contributed by atoms with Gasteiger partial charge in [0.05, 0.1) is 18.0 Å². The standard InChI is InChI=1S/C19H22N4S2/c1-15-20-23(19(24)22(15)13-16-7-3-2-4-8-16)14-21-11-5-9-17(21)18-10-6-12-25-18/h2-4,6-8,10,12,17H,5,9,11,13-14H2,1H3/p+1/t17-/m0/s1. The van der Waals surface area contributed by atoms with Gasteiger partial charge in [0.25, 0.3) is 0 Å². The van der Waals surface area contributed by atoms with Gasteiger partial charge in [-0.05, 0) is 36.2 Å². The molecule has 2 aromatic heterocycles. The second kappa shape index (κ2) is 7.23. The van der Waals surface area contributed by atoms with Crippen LogP contribution in [0.3, 0.4) is 0 Å². The number of quaternary nitrogens is 1.